The lowest BCUT2D eigenvalue weighted by atomic mass is 10.2. The Hall–Kier alpha value is 0.540. The maximum Gasteiger partial charge on any atom is 0.133 e. The van der Waals surface area contributed by atoms with Crippen LogP contribution in [-0.4, -0.2) is 9.97 Å². The first-order valence-corrected chi connectivity index (χ1v) is 5.45. The molecule has 0 bridgehead atoms. The molecule has 0 radical (unpaired) electrons. The minimum absolute atomic E-state index is 0.415. The summed E-state index contributed by atoms with van der Waals surface area (Å²) in [6.45, 7) is 4.20. The van der Waals surface area contributed by atoms with Crippen LogP contribution in [0.1, 0.15) is 25.6 Å². The zero-order valence-electron chi connectivity index (χ0n) is 6.31. The largest absolute Gasteiger partial charge is 0.227 e. The quantitative estimate of drug-likeness (QED) is 0.558. The highest BCUT2D eigenvalue weighted by atomic mass is 127. The minimum atomic E-state index is 0.415. The zero-order chi connectivity index (χ0) is 8.43. The molecule has 0 aromatic carbocycles. The molecule has 0 N–H and O–H groups in total. The molecule has 0 saturated carbocycles. The van der Waals surface area contributed by atoms with Gasteiger partial charge in [0.1, 0.15) is 13.2 Å². The van der Waals surface area contributed by atoms with Gasteiger partial charge in [-0.2, -0.15) is 0 Å². The van der Waals surface area contributed by atoms with Crippen molar-refractivity contribution in [2.45, 2.75) is 19.8 Å². The van der Waals surface area contributed by atoms with Crippen LogP contribution in [0.25, 0.3) is 0 Å². The molecule has 0 aliphatic carbocycles. The van der Waals surface area contributed by atoms with Gasteiger partial charge in [0.2, 0.25) is 0 Å². The third-order valence-corrected chi connectivity index (χ3v) is 2.30. The van der Waals surface area contributed by atoms with E-state index < -0.39 is 0 Å². The van der Waals surface area contributed by atoms with E-state index in [4.69, 9.17) is 0 Å². The second-order valence-electron chi connectivity index (χ2n) is 2.53. The smallest absolute Gasteiger partial charge is 0.133 e. The fourth-order valence-electron chi connectivity index (χ4n) is 0.665. The molecule has 0 spiro atoms. The Morgan fingerprint density at radius 3 is 2.00 bits per heavy atom. The van der Waals surface area contributed by atoms with E-state index in [1.54, 1.807) is 0 Å². The molecule has 0 fully saturated rings. The summed E-state index contributed by atoms with van der Waals surface area (Å²) in [6.07, 6.45) is 0. The Morgan fingerprint density at radius 2 is 1.64 bits per heavy atom. The molecule has 4 heteroatoms. The molecule has 1 aromatic rings. The van der Waals surface area contributed by atoms with E-state index in [2.05, 4.69) is 69.0 Å². The predicted molar refractivity (Wildman–Crippen MR) is 61.6 cm³/mol. The third-order valence-electron chi connectivity index (χ3n) is 1.20. The summed E-state index contributed by atoms with van der Waals surface area (Å²) in [5.74, 6) is 1.35. The highest BCUT2D eigenvalue weighted by Gasteiger charge is 2.04. The van der Waals surface area contributed by atoms with Gasteiger partial charge in [0.25, 0.3) is 0 Å². The summed E-state index contributed by atoms with van der Waals surface area (Å²) in [5, 5.41) is 0. The lowest BCUT2D eigenvalue weighted by Crippen LogP contribution is -2.00. The average Bonchev–Trinajstić information content (AvgIpc) is 1.85. The van der Waals surface area contributed by atoms with Crippen LogP contribution in [0.2, 0.25) is 0 Å². The van der Waals surface area contributed by atoms with E-state index in [0.717, 1.165) is 13.2 Å². The molecule has 1 heterocycles. The molecule has 2 nitrogen and oxygen atoms in total. The van der Waals surface area contributed by atoms with E-state index in [0.29, 0.717) is 5.92 Å². The van der Waals surface area contributed by atoms with Gasteiger partial charge in [0.15, 0.2) is 0 Å². The number of nitrogens with zero attached hydrogens (tertiary/aromatic N) is 2. The summed E-state index contributed by atoms with van der Waals surface area (Å²) < 4.78 is 2.04. The van der Waals surface area contributed by atoms with Gasteiger partial charge in [-0.1, -0.05) is 13.8 Å². The highest BCUT2D eigenvalue weighted by Crippen LogP contribution is 2.13. The van der Waals surface area contributed by atoms with Gasteiger partial charge in [-0.15, -0.1) is 0 Å². The first-order chi connectivity index (χ1) is 5.09. The molecule has 1 rings (SSSR count). The Bertz CT molecular complexity index is 240. The Morgan fingerprint density at radius 1 is 1.18 bits per heavy atom. The molecular weight excluding hydrogens is 366 g/mol. The van der Waals surface area contributed by atoms with E-state index in [1.807, 2.05) is 6.07 Å². The fourth-order valence-corrected chi connectivity index (χ4v) is 2.34. The summed E-state index contributed by atoms with van der Waals surface area (Å²) >= 11 is 4.42. The van der Waals surface area contributed by atoms with Gasteiger partial charge >= 0.3 is 0 Å². The van der Waals surface area contributed by atoms with E-state index in [-0.39, 0.29) is 0 Å². The van der Waals surface area contributed by atoms with Crippen LogP contribution in [-0.2, 0) is 0 Å². The van der Waals surface area contributed by atoms with Crippen LogP contribution in [0, 0.1) is 7.40 Å². The van der Waals surface area contributed by atoms with Crippen molar-refractivity contribution in [3.8, 4) is 0 Å². The molecule has 60 valence electrons. The molecule has 0 aliphatic heterocycles. The van der Waals surface area contributed by atoms with Crippen LogP contribution in [0.4, 0.5) is 0 Å². The van der Waals surface area contributed by atoms with Crippen molar-refractivity contribution in [1.82, 2.24) is 9.97 Å². The summed E-state index contributed by atoms with van der Waals surface area (Å²) in [6, 6.07) is 1.97. The maximum atomic E-state index is 4.30. The first kappa shape index (κ1) is 9.63. The van der Waals surface area contributed by atoms with E-state index in [9.17, 15) is 0 Å². The number of aromatic nitrogens is 2. The van der Waals surface area contributed by atoms with E-state index >= 15 is 0 Å². The van der Waals surface area contributed by atoms with Gasteiger partial charge in [0.05, 0.1) is 0 Å². The Kier molecular flexibility index (Phi) is 3.48. The average molecular weight is 374 g/mol. The van der Waals surface area contributed by atoms with E-state index in [1.165, 1.54) is 0 Å². The Balaban J connectivity index is 3.08. The zero-order valence-corrected chi connectivity index (χ0v) is 10.6. The summed E-state index contributed by atoms with van der Waals surface area (Å²) in [4.78, 5) is 8.61. The van der Waals surface area contributed by atoms with Crippen molar-refractivity contribution in [1.29, 1.82) is 0 Å². The minimum Gasteiger partial charge on any atom is -0.227 e. The van der Waals surface area contributed by atoms with Gasteiger partial charge in [-0.05, 0) is 45.2 Å². The second-order valence-corrected chi connectivity index (χ2v) is 4.74. The molecule has 0 unspecified atom stereocenters. The monoisotopic (exact) mass is 374 g/mol. The van der Waals surface area contributed by atoms with Crippen molar-refractivity contribution in [2.75, 3.05) is 0 Å². The van der Waals surface area contributed by atoms with Gasteiger partial charge in [0, 0.05) is 12.0 Å². The first-order valence-electron chi connectivity index (χ1n) is 3.29. The molecule has 0 saturated heterocycles. The molecule has 0 amide bonds. The fraction of sp³-hybridized carbons (Fsp3) is 0.429. The third kappa shape index (κ3) is 2.81. The molecule has 1 aromatic heterocycles. The predicted octanol–water partition coefficient (Wildman–Crippen LogP) is 2.81. The maximum absolute atomic E-state index is 4.30. The molecule has 0 atom stereocenters. The number of hydrogen-bond acceptors (Lipinski definition) is 2. The van der Waals surface area contributed by atoms with Crippen molar-refractivity contribution in [3.63, 3.8) is 0 Å². The summed E-state index contributed by atoms with van der Waals surface area (Å²) in [7, 11) is 0. The number of halogens is 2. The van der Waals surface area contributed by atoms with Crippen molar-refractivity contribution in [3.05, 3.63) is 19.3 Å². The SMILES string of the molecule is CC(C)c1nc(I)cc(I)n1. The van der Waals surface area contributed by atoms with Crippen LogP contribution < -0.4 is 0 Å². The van der Waals surface area contributed by atoms with Crippen LogP contribution >= 0.6 is 45.2 Å². The molecule has 0 aliphatic rings. The van der Waals surface area contributed by atoms with Gasteiger partial charge in [-0.3, -0.25) is 0 Å². The molecular formula is C7H8I2N2. The lowest BCUT2D eigenvalue weighted by Gasteiger charge is -2.03. The standard InChI is InChI=1S/C7H8I2N2/c1-4(2)7-10-5(8)3-6(9)11-7/h3-4H,1-2H3. The van der Waals surface area contributed by atoms with Gasteiger partial charge < -0.3 is 0 Å². The van der Waals surface area contributed by atoms with Gasteiger partial charge in [-0.25, -0.2) is 9.97 Å². The Labute approximate surface area is 93.5 Å². The number of hydrogen-bond donors (Lipinski definition) is 0. The second kappa shape index (κ2) is 3.97. The lowest BCUT2D eigenvalue weighted by molar-refractivity contribution is 0.763. The van der Waals surface area contributed by atoms with Crippen molar-refractivity contribution in [2.24, 2.45) is 0 Å². The van der Waals surface area contributed by atoms with Crippen LogP contribution in [0.15, 0.2) is 6.07 Å². The molecule has 11 heavy (non-hydrogen) atoms. The van der Waals surface area contributed by atoms with Crippen LogP contribution in [0.3, 0.4) is 0 Å². The highest BCUT2D eigenvalue weighted by molar-refractivity contribution is 14.1. The normalized spacial score (nSPS) is 10.6. The van der Waals surface area contributed by atoms with Crippen molar-refractivity contribution < 1.29 is 0 Å². The number of rotatable bonds is 1. The topological polar surface area (TPSA) is 25.8 Å². The van der Waals surface area contributed by atoms with Crippen LogP contribution in [0.5, 0.6) is 0 Å². The van der Waals surface area contributed by atoms with Crippen molar-refractivity contribution >= 4 is 45.2 Å². The summed E-state index contributed by atoms with van der Waals surface area (Å²) in [5.41, 5.74) is 0.